The molecule has 1 amide bonds. The third kappa shape index (κ3) is 5.39. The molecule has 5 N–H and O–H groups in total. The minimum Gasteiger partial charge on any atom is -0.397 e. The van der Waals surface area contributed by atoms with Gasteiger partial charge in [0.15, 0.2) is 0 Å². The minimum atomic E-state index is -0.129. The van der Waals surface area contributed by atoms with E-state index in [4.69, 9.17) is 11.5 Å². The predicted octanol–water partition coefficient (Wildman–Crippen LogP) is 3.11. The number of rotatable bonds is 7. The second-order valence-corrected chi connectivity index (χ2v) is 7.34. The van der Waals surface area contributed by atoms with Gasteiger partial charge in [0.05, 0.1) is 17.5 Å². The van der Waals surface area contributed by atoms with Crippen LogP contribution in [0.5, 0.6) is 0 Å². The molecule has 1 unspecified atom stereocenters. The highest BCUT2D eigenvalue weighted by Gasteiger charge is 2.17. The summed E-state index contributed by atoms with van der Waals surface area (Å²) in [6.07, 6.45) is 0.841. The van der Waals surface area contributed by atoms with E-state index in [1.54, 1.807) is 0 Å². The first-order valence-electron chi connectivity index (χ1n) is 8.34. The fourth-order valence-electron chi connectivity index (χ4n) is 2.58. The van der Waals surface area contributed by atoms with E-state index < -0.39 is 0 Å². The Morgan fingerprint density at radius 3 is 2.62 bits per heavy atom. The zero-order valence-electron chi connectivity index (χ0n) is 14.9. The summed E-state index contributed by atoms with van der Waals surface area (Å²) in [4.78, 5) is 16.6. The zero-order valence-corrected chi connectivity index (χ0v) is 15.7. The van der Waals surface area contributed by atoms with Crippen LogP contribution in [0.3, 0.4) is 0 Å². The molecule has 7 heteroatoms. The van der Waals surface area contributed by atoms with Crippen LogP contribution in [0.15, 0.2) is 41.4 Å². The summed E-state index contributed by atoms with van der Waals surface area (Å²) in [5, 5.41) is 12.7. The minimum absolute atomic E-state index is 0.0568. The van der Waals surface area contributed by atoms with Gasteiger partial charge in [0.25, 0.3) is 0 Å². The largest absolute Gasteiger partial charge is 0.397 e. The van der Waals surface area contributed by atoms with Crippen LogP contribution in [-0.2, 0) is 4.79 Å². The lowest BCUT2D eigenvalue weighted by atomic mass is 9.97. The number of hydrogen-bond donors (Lipinski definition) is 3. The summed E-state index contributed by atoms with van der Waals surface area (Å²) in [5.74, 6) is 0.669. The highest BCUT2D eigenvalue weighted by Crippen LogP contribution is 2.27. The monoisotopic (exact) mass is 369 g/mol. The van der Waals surface area contributed by atoms with E-state index in [1.165, 1.54) is 6.07 Å². The molecule has 2 rings (SSSR count). The molecular weight excluding hydrogens is 346 g/mol. The van der Waals surface area contributed by atoms with Crippen LogP contribution in [0.25, 0.3) is 0 Å². The molecule has 136 valence electrons. The molecule has 2 aromatic rings. The van der Waals surface area contributed by atoms with Gasteiger partial charge in [-0.15, -0.1) is 0 Å². The molecule has 1 aromatic heterocycles. The van der Waals surface area contributed by atoms with Crippen molar-refractivity contribution in [2.75, 3.05) is 17.2 Å². The summed E-state index contributed by atoms with van der Waals surface area (Å²) >= 11 is 1.16. The van der Waals surface area contributed by atoms with Crippen LogP contribution in [0, 0.1) is 17.2 Å². The van der Waals surface area contributed by atoms with Crippen molar-refractivity contribution in [3.63, 3.8) is 0 Å². The Morgan fingerprint density at radius 1 is 1.31 bits per heavy atom. The number of carbonyl (C=O) groups is 1. The number of pyridine rings is 1. The molecule has 0 radical (unpaired) electrons. The second-order valence-electron chi connectivity index (χ2n) is 6.38. The van der Waals surface area contributed by atoms with Gasteiger partial charge in [-0.2, -0.15) is 5.26 Å². The van der Waals surface area contributed by atoms with E-state index in [0.29, 0.717) is 10.9 Å². The highest BCUT2D eigenvalue weighted by atomic mass is 32.2. The molecule has 0 aliphatic heterocycles. The molecule has 0 bridgehead atoms. The lowest BCUT2D eigenvalue weighted by Gasteiger charge is -2.21. The molecule has 6 nitrogen and oxygen atoms in total. The average molecular weight is 369 g/mol. The summed E-state index contributed by atoms with van der Waals surface area (Å²) in [6.45, 7) is 4.24. The SMILES string of the molecule is CC(C)CC(NC(=O)CSc1nc(N)cc(N)c1C#N)c1ccccc1. The molecular formula is C19H23N5OS. The van der Waals surface area contributed by atoms with Crippen molar-refractivity contribution in [2.24, 2.45) is 5.92 Å². The van der Waals surface area contributed by atoms with Gasteiger partial charge >= 0.3 is 0 Å². The van der Waals surface area contributed by atoms with E-state index >= 15 is 0 Å². The van der Waals surface area contributed by atoms with Crippen LogP contribution < -0.4 is 16.8 Å². The number of thioether (sulfide) groups is 1. The molecule has 0 aliphatic rings. The molecule has 1 heterocycles. The number of aromatic nitrogens is 1. The van der Waals surface area contributed by atoms with E-state index in [1.807, 2.05) is 36.4 Å². The van der Waals surface area contributed by atoms with Gasteiger partial charge in [0, 0.05) is 6.07 Å². The number of anilines is 2. The van der Waals surface area contributed by atoms with Crippen molar-refractivity contribution in [3.8, 4) is 6.07 Å². The normalized spacial score (nSPS) is 11.8. The Morgan fingerprint density at radius 2 is 2.00 bits per heavy atom. The first-order chi connectivity index (χ1) is 12.4. The summed E-state index contributed by atoms with van der Waals surface area (Å²) in [5.41, 5.74) is 13.1. The maximum Gasteiger partial charge on any atom is 0.230 e. The Kier molecular flexibility index (Phi) is 6.87. The maximum atomic E-state index is 12.4. The Bertz CT molecular complexity index is 802. The van der Waals surface area contributed by atoms with Crippen molar-refractivity contribution < 1.29 is 4.79 Å². The number of carbonyl (C=O) groups excluding carboxylic acids is 1. The van der Waals surface area contributed by atoms with Gasteiger partial charge < -0.3 is 16.8 Å². The van der Waals surface area contributed by atoms with Gasteiger partial charge in [0.2, 0.25) is 5.91 Å². The van der Waals surface area contributed by atoms with Crippen molar-refractivity contribution in [2.45, 2.75) is 31.3 Å². The standard InChI is InChI=1S/C19H23N5OS/c1-12(2)8-16(13-6-4-3-5-7-13)23-18(25)11-26-19-14(10-20)15(21)9-17(22)24-19/h3-7,9,12,16H,8,11H2,1-2H3,(H,23,25)(H4,21,22,24). The first kappa shape index (κ1) is 19.6. The number of nitrogens with two attached hydrogens (primary N) is 2. The molecule has 1 aromatic carbocycles. The van der Waals surface area contributed by atoms with Crippen molar-refractivity contribution in [3.05, 3.63) is 47.5 Å². The van der Waals surface area contributed by atoms with E-state index in [0.717, 1.165) is 23.7 Å². The highest BCUT2D eigenvalue weighted by molar-refractivity contribution is 8.00. The second kappa shape index (κ2) is 9.11. The van der Waals surface area contributed by atoms with Crippen LogP contribution in [0.2, 0.25) is 0 Å². The van der Waals surface area contributed by atoms with Crippen LogP contribution >= 0.6 is 11.8 Å². The average Bonchev–Trinajstić information content (AvgIpc) is 2.59. The topological polar surface area (TPSA) is 118 Å². The van der Waals surface area contributed by atoms with E-state index in [9.17, 15) is 10.1 Å². The molecule has 0 saturated heterocycles. The number of nitriles is 1. The van der Waals surface area contributed by atoms with E-state index in [-0.39, 0.29) is 34.8 Å². The molecule has 0 spiro atoms. The maximum absolute atomic E-state index is 12.4. The van der Waals surface area contributed by atoms with Gasteiger partial charge in [-0.25, -0.2) is 4.98 Å². The lowest BCUT2D eigenvalue weighted by molar-refractivity contribution is -0.119. The van der Waals surface area contributed by atoms with Gasteiger partial charge in [-0.3, -0.25) is 4.79 Å². The summed E-state index contributed by atoms with van der Waals surface area (Å²) in [7, 11) is 0. The van der Waals surface area contributed by atoms with Crippen molar-refractivity contribution >= 4 is 29.2 Å². The van der Waals surface area contributed by atoms with Crippen molar-refractivity contribution in [1.29, 1.82) is 5.26 Å². The van der Waals surface area contributed by atoms with Gasteiger partial charge in [-0.05, 0) is 17.9 Å². The fourth-order valence-corrected chi connectivity index (χ4v) is 3.41. The molecule has 0 saturated carbocycles. The van der Waals surface area contributed by atoms with Crippen LogP contribution in [0.1, 0.15) is 37.4 Å². The molecule has 1 atom stereocenters. The third-order valence-corrected chi connectivity index (χ3v) is 4.71. The number of nitrogens with zero attached hydrogens (tertiary/aromatic N) is 2. The van der Waals surface area contributed by atoms with Crippen molar-refractivity contribution in [1.82, 2.24) is 10.3 Å². The van der Waals surface area contributed by atoms with Gasteiger partial charge in [0.1, 0.15) is 22.5 Å². The number of amides is 1. The zero-order chi connectivity index (χ0) is 19.1. The lowest BCUT2D eigenvalue weighted by Crippen LogP contribution is -2.31. The molecule has 0 aliphatic carbocycles. The number of benzene rings is 1. The number of nitrogens with one attached hydrogen (secondary N) is 1. The fraction of sp³-hybridized carbons (Fsp3) is 0.316. The molecule has 0 fully saturated rings. The quantitative estimate of drug-likeness (QED) is 0.645. The third-order valence-electron chi connectivity index (χ3n) is 3.73. The Labute approximate surface area is 158 Å². The number of nitrogen functional groups attached to an aromatic ring is 2. The Balaban J connectivity index is 2.06. The van der Waals surface area contributed by atoms with E-state index in [2.05, 4.69) is 24.1 Å². The molecule has 26 heavy (non-hydrogen) atoms. The number of hydrogen-bond acceptors (Lipinski definition) is 6. The van der Waals surface area contributed by atoms with Gasteiger partial charge in [-0.1, -0.05) is 55.9 Å². The van der Waals surface area contributed by atoms with Crippen LogP contribution in [-0.4, -0.2) is 16.6 Å². The smallest absolute Gasteiger partial charge is 0.230 e. The predicted molar refractivity (Wildman–Crippen MR) is 105 cm³/mol. The Hall–Kier alpha value is -2.72. The summed E-state index contributed by atoms with van der Waals surface area (Å²) in [6, 6.07) is 13.3. The summed E-state index contributed by atoms with van der Waals surface area (Å²) < 4.78 is 0. The first-order valence-corrected chi connectivity index (χ1v) is 9.32. The van der Waals surface area contributed by atoms with Crippen LogP contribution in [0.4, 0.5) is 11.5 Å².